The number of benzene rings is 1. The number of nitrogens with one attached hydrogen (secondary N) is 1. The van der Waals surface area contributed by atoms with Crippen LogP contribution in [0.5, 0.6) is 0 Å². The summed E-state index contributed by atoms with van der Waals surface area (Å²) in [6.45, 7) is 7.76. The highest BCUT2D eigenvalue weighted by Crippen LogP contribution is 2.29. The lowest BCUT2D eigenvalue weighted by molar-refractivity contribution is 0.469. The molecule has 2 heteroatoms. The lowest BCUT2D eigenvalue weighted by atomic mass is 9.98. The second kappa shape index (κ2) is 9.55. The van der Waals surface area contributed by atoms with Crippen molar-refractivity contribution >= 4 is 15.9 Å². The first kappa shape index (κ1) is 16.7. The maximum atomic E-state index is 3.76. The van der Waals surface area contributed by atoms with Crippen molar-refractivity contribution in [3.63, 3.8) is 0 Å². The van der Waals surface area contributed by atoms with Crippen LogP contribution in [0.4, 0.5) is 0 Å². The minimum absolute atomic E-state index is 0.492. The van der Waals surface area contributed by atoms with Gasteiger partial charge in [-0.1, -0.05) is 73.7 Å². The van der Waals surface area contributed by atoms with E-state index in [4.69, 9.17) is 0 Å². The Kier molecular flexibility index (Phi) is 8.40. The molecule has 0 fully saturated rings. The fraction of sp³-hybridized carbons (Fsp3) is 0.647. The van der Waals surface area contributed by atoms with E-state index in [1.165, 1.54) is 54.1 Å². The van der Waals surface area contributed by atoms with E-state index >= 15 is 0 Å². The summed E-state index contributed by atoms with van der Waals surface area (Å²) in [6.07, 6.45) is 7.76. The SMILES string of the molecule is CCCCCCC(NCCC)c1cccc(C)c1Br. The molecule has 1 aromatic rings. The average molecular weight is 326 g/mol. The van der Waals surface area contributed by atoms with Gasteiger partial charge in [-0.2, -0.15) is 0 Å². The number of aryl methyl sites for hydroxylation is 1. The van der Waals surface area contributed by atoms with Crippen LogP contribution in [0.2, 0.25) is 0 Å². The van der Waals surface area contributed by atoms with Crippen LogP contribution in [0.15, 0.2) is 22.7 Å². The van der Waals surface area contributed by atoms with Crippen molar-refractivity contribution in [2.24, 2.45) is 0 Å². The molecule has 0 bridgehead atoms. The molecule has 0 radical (unpaired) electrons. The third-order valence-electron chi connectivity index (χ3n) is 3.58. The van der Waals surface area contributed by atoms with Crippen LogP contribution in [0.25, 0.3) is 0 Å². The molecule has 0 saturated carbocycles. The molecule has 0 aromatic heterocycles. The molecule has 1 unspecified atom stereocenters. The molecular formula is C17H28BrN. The van der Waals surface area contributed by atoms with Crippen molar-refractivity contribution in [1.29, 1.82) is 0 Å². The molecule has 0 saturated heterocycles. The first-order valence-electron chi connectivity index (χ1n) is 7.69. The molecule has 1 nitrogen and oxygen atoms in total. The number of hydrogen-bond donors (Lipinski definition) is 1. The van der Waals surface area contributed by atoms with Crippen molar-refractivity contribution in [3.8, 4) is 0 Å². The zero-order chi connectivity index (χ0) is 14.1. The van der Waals surface area contributed by atoms with Gasteiger partial charge in [-0.3, -0.25) is 0 Å². The third-order valence-corrected chi connectivity index (χ3v) is 4.67. The maximum absolute atomic E-state index is 3.76. The van der Waals surface area contributed by atoms with Crippen LogP contribution < -0.4 is 5.32 Å². The molecular weight excluding hydrogens is 298 g/mol. The first-order valence-corrected chi connectivity index (χ1v) is 8.48. The van der Waals surface area contributed by atoms with Gasteiger partial charge >= 0.3 is 0 Å². The molecule has 1 N–H and O–H groups in total. The number of unbranched alkanes of at least 4 members (excludes halogenated alkanes) is 3. The Labute approximate surface area is 127 Å². The van der Waals surface area contributed by atoms with Gasteiger partial charge in [0.25, 0.3) is 0 Å². The monoisotopic (exact) mass is 325 g/mol. The molecule has 0 heterocycles. The van der Waals surface area contributed by atoms with Crippen molar-refractivity contribution in [3.05, 3.63) is 33.8 Å². The van der Waals surface area contributed by atoms with Gasteiger partial charge in [0, 0.05) is 10.5 Å². The van der Waals surface area contributed by atoms with Crippen molar-refractivity contribution in [1.82, 2.24) is 5.32 Å². The fourth-order valence-corrected chi connectivity index (χ4v) is 2.94. The van der Waals surface area contributed by atoms with E-state index in [1.54, 1.807) is 0 Å². The molecule has 19 heavy (non-hydrogen) atoms. The van der Waals surface area contributed by atoms with Crippen LogP contribution in [-0.2, 0) is 0 Å². The van der Waals surface area contributed by atoms with Crippen LogP contribution in [0, 0.1) is 6.92 Å². The van der Waals surface area contributed by atoms with Crippen molar-refractivity contribution < 1.29 is 0 Å². The minimum atomic E-state index is 0.492. The van der Waals surface area contributed by atoms with Gasteiger partial charge < -0.3 is 5.32 Å². The van der Waals surface area contributed by atoms with Crippen molar-refractivity contribution in [2.75, 3.05) is 6.54 Å². The average Bonchev–Trinajstić information content (AvgIpc) is 2.42. The van der Waals surface area contributed by atoms with Gasteiger partial charge in [0.2, 0.25) is 0 Å². The second-order valence-corrected chi connectivity index (χ2v) is 6.13. The Morgan fingerprint density at radius 3 is 2.58 bits per heavy atom. The normalized spacial score (nSPS) is 12.6. The second-order valence-electron chi connectivity index (χ2n) is 5.33. The van der Waals surface area contributed by atoms with E-state index in [9.17, 15) is 0 Å². The van der Waals surface area contributed by atoms with E-state index in [2.05, 4.69) is 60.2 Å². The van der Waals surface area contributed by atoms with E-state index in [0.717, 1.165) is 6.54 Å². The van der Waals surface area contributed by atoms with E-state index in [-0.39, 0.29) is 0 Å². The van der Waals surface area contributed by atoms with Gasteiger partial charge in [0.05, 0.1) is 0 Å². The zero-order valence-corrected chi connectivity index (χ0v) is 14.2. The predicted molar refractivity (Wildman–Crippen MR) is 88.7 cm³/mol. The Balaban J connectivity index is 2.69. The third kappa shape index (κ3) is 5.66. The van der Waals surface area contributed by atoms with Gasteiger partial charge in [-0.05, 0) is 37.4 Å². The largest absolute Gasteiger partial charge is 0.310 e. The van der Waals surface area contributed by atoms with E-state index in [1.807, 2.05) is 0 Å². The molecule has 1 rings (SSSR count). The van der Waals surface area contributed by atoms with Gasteiger partial charge in [0.15, 0.2) is 0 Å². The summed E-state index contributed by atoms with van der Waals surface area (Å²) >= 11 is 3.76. The van der Waals surface area contributed by atoms with Crippen LogP contribution in [0.3, 0.4) is 0 Å². The quantitative estimate of drug-likeness (QED) is 0.568. The van der Waals surface area contributed by atoms with E-state index < -0.39 is 0 Å². The van der Waals surface area contributed by atoms with Crippen LogP contribution in [-0.4, -0.2) is 6.54 Å². The zero-order valence-electron chi connectivity index (χ0n) is 12.6. The fourth-order valence-electron chi connectivity index (χ4n) is 2.40. The van der Waals surface area contributed by atoms with Crippen LogP contribution >= 0.6 is 15.9 Å². The Morgan fingerprint density at radius 1 is 1.11 bits per heavy atom. The highest BCUT2D eigenvalue weighted by Gasteiger charge is 2.14. The lowest BCUT2D eigenvalue weighted by Crippen LogP contribution is -2.22. The molecule has 0 aliphatic rings. The molecule has 1 aromatic carbocycles. The minimum Gasteiger partial charge on any atom is -0.310 e. The standard InChI is InChI=1S/C17H28BrN/c1-4-6-7-8-12-16(19-13-5-2)15-11-9-10-14(3)17(15)18/h9-11,16,19H,4-8,12-13H2,1-3H3. The molecule has 1 atom stereocenters. The summed E-state index contributed by atoms with van der Waals surface area (Å²) in [4.78, 5) is 0. The highest BCUT2D eigenvalue weighted by molar-refractivity contribution is 9.10. The molecule has 108 valence electrons. The Morgan fingerprint density at radius 2 is 1.89 bits per heavy atom. The Hall–Kier alpha value is -0.340. The summed E-state index contributed by atoms with van der Waals surface area (Å²) < 4.78 is 1.28. The van der Waals surface area contributed by atoms with Gasteiger partial charge in [-0.25, -0.2) is 0 Å². The summed E-state index contributed by atoms with van der Waals surface area (Å²) in [5.74, 6) is 0. The van der Waals surface area contributed by atoms with Gasteiger partial charge in [-0.15, -0.1) is 0 Å². The molecule has 0 aliphatic carbocycles. The maximum Gasteiger partial charge on any atom is 0.0331 e. The lowest BCUT2D eigenvalue weighted by Gasteiger charge is -2.21. The summed E-state index contributed by atoms with van der Waals surface area (Å²) in [5.41, 5.74) is 2.75. The Bertz CT molecular complexity index is 362. The number of halogens is 1. The number of hydrogen-bond acceptors (Lipinski definition) is 1. The number of rotatable bonds is 9. The smallest absolute Gasteiger partial charge is 0.0331 e. The molecule has 0 aliphatic heterocycles. The van der Waals surface area contributed by atoms with Crippen molar-refractivity contribution in [2.45, 2.75) is 65.3 Å². The van der Waals surface area contributed by atoms with Gasteiger partial charge in [0.1, 0.15) is 0 Å². The predicted octanol–water partition coefficient (Wildman–Crippen LogP) is 5.77. The first-order chi connectivity index (χ1) is 9.20. The molecule has 0 spiro atoms. The highest BCUT2D eigenvalue weighted by atomic mass is 79.9. The summed E-state index contributed by atoms with van der Waals surface area (Å²) in [7, 11) is 0. The topological polar surface area (TPSA) is 12.0 Å². The van der Waals surface area contributed by atoms with Crippen LogP contribution in [0.1, 0.15) is 69.5 Å². The summed E-state index contributed by atoms with van der Waals surface area (Å²) in [6, 6.07) is 7.08. The summed E-state index contributed by atoms with van der Waals surface area (Å²) in [5, 5.41) is 3.70. The van der Waals surface area contributed by atoms with E-state index in [0.29, 0.717) is 6.04 Å². The molecule has 0 amide bonds.